The molecule has 1 atom stereocenters. The molecule has 0 spiro atoms. The summed E-state index contributed by atoms with van der Waals surface area (Å²) in [5, 5.41) is 11.7. The van der Waals surface area contributed by atoms with Crippen molar-refractivity contribution < 1.29 is 19.4 Å². The zero-order chi connectivity index (χ0) is 12.7. The second-order valence-electron chi connectivity index (χ2n) is 3.70. The van der Waals surface area contributed by atoms with Crippen molar-refractivity contribution >= 4 is 23.8 Å². The predicted octanol–water partition coefficient (Wildman–Crippen LogP) is 0.234. The lowest BCUT2D eigenvalue weighted by molar-refractivity contribution is -0.141. The first-order valence-corrected chi connectivity index (χ1v) is 6.66. The van der Waals surface area contributed by atoms with Gasteiger partial charge in [-0.3, -0.25) is 0 Å². The highest BCUT2D eigenvalue weighted by atomic mass is 32.2. The summed E-state index contributed by atoms with van der Waals surface area (Å²) in [6.45, 7) is 1.57. The first-order valence-electron chi connectivity index (χ1n) is 5.50. The lowest BCUT2D eigenvalue weighted by Crippen LogP contribution is -2.53. The first-order chi connectivity index (χ1) is 8.16. The molecule has 0 saturated carbocycles. The molecule has 2 amide bonds. The minimum atomic E-state index is -0.941. The molecule has 1 aliphatic heterocycles. The predicted molar refractivity (Wildman–Crippen MR) is 65.3 cm³/mol. The molecule has 1 rings (SSSR count). The normalized spacial score (nSPS) is 20.1. The van der Waals surface area contributed by atoms with E-state index in [1.807, 2.05) is 0 Å². The van der Waals surface area contributed by atoms with Gasteiger partial charge in [0.2, 0.25) is 0 Å². The molecule has 17 heavy (non-hydrogen) atoms. The number of amides is 2. The highest BCUT2D eigenvalue weighted by molar-refractivity contribution is 7.99. The molecule has 2 N–H and O–H groups in total. The number of hydrogen-bond donors (Lipinski definition) is 2. The molecule has 0 aromatic rings. The zero-order valence-electron chi connectivity index (χ0n) is 9.85. The van der Waals surface area contributed by atoms with E-state index in [1.165, 1.54) is 4.90 Å². The van der Waals surface area contributed by atoms with Crippen molar-refractivity contribution in [2.75, 3.05) is 38.3 Å². The number of aliphatic carboxylic acids is 1. The number of rotatable bonds is 5. The number of nitrogens with one attached hydrogen (secondary N) is 1. The highest BCUT2D eigenvalue weighted by Gasteiger charge is 2.32. The van der Waals surface area contributed by atoms with Gasteiger partial charge in [0.25, 0.3) is 0 Å². The Kier molecular flexibility index (Phi) is 6.13. The third-order valence-electron chi connectivity index (χ3n) is 2.48. The van der Waals surface area contributed by atoms with E-state index >= 15 is 0 Å². The molecule has 7 heteroatoms. The van der Waals surface area contributed by atoms with E-state index in [4.69, 9.17) is 9.84 Å². The molecule has 0 bridgehead atoms. The molecule has 1 heterocycles. The number of methoxy groups -OCH3 is 1. The third kappa shape index (κ3) is 4.43. The molecule has 1 unspecified atom stereocenters. The van der Waals surface area contributed by atoms with Gasteiger partial charge in [0.05, 0.1) is 0 Å². The Hall–Kier alpha value is -0.950. The van der Waals surface area contributed by atoms with E-state index in [0.29, 0.717) is 25.4 Å². The molecule has 0 aromatic heterocycles. The number of nitrogens with zero attached hydrogens (tertiary/aromatic N) is 1. The second-order valence-corrected chi connectivity index (χ2v) is 4.85. The molecule has 0 aliphatic carbocycles. The van der Waals surface area contributed by atoms with Crippen molar-refractivity contribution in [3.63, 3.8) is 0 Å². The molecule has 98 valence electrons. The van der Waals surface area contributed by atoms with E-state index in [1.54, 1.807) is 18.9 Å². The molecule has 0 radical (unpaired) electrons. The number of thioether (sulfide) groups is 1. The van der Waals surface area contributed by atoms with Gasteiger partial charge in [-0.25, -0.2) is 9.59 Å². The van der Waals surface area contributed by atoms with Crippen LogP contribution in [-0.4, -0.2) is 66.4 Å². The molecule has 1 aliphatic rings. The number of urea groups is 1. The van der Waals surface area contributed by atoms with Gasteiger partial charge >= 0.3 is 12.0 Å². The number of hydrogen-bond acceptors (Lipinski definition) is 4. The van der Waals surface area contributed by atoms with Crippen LogP contribution in [0.1, 0.15) is 6.42 Å². The summed E-state index contributed by atoms with van der Waals surface area (Å²) in [5.74, 6) is 0.306. The van der Waals surface area contributed by atoms with Crippen molar-refractivity contribution in [1.29, 1.82) is 0 Å². The monoisotopic (exact) mass is 262 g/mol. The number of carboxylic acids is 1. The lowest BCUT2D eigenvalue weighted by Gasteiger charge is -2.32. The summed E-state index contributed by atoms with van der Waals surface area (Å²) >= 11 is 1.56. The summed E-state index contributed by atoms with van der Waals surface area (Å²) < 4.78 is 4.87. The molecule has 0 aromatic carbocycles. The van der Waals surface area contributed by atoms with E-state index in [2.05, 4.69) is 5.32 Å². The Morgan fingerprint density at radius 3 is 3.00 bits per heavy atom. The van der Waals surface area contributed by atoms with Crippen LogP contribution in [-0.2, 0) is 9.53 Å². The van der Waals surface area contributed by atoms with E-state index < -0.39 is 12.0 Å². The number of carbonyl (C=O) groups excluding carboxylic acids is 1. The number of carbonyl (C=O) groups is 2. The van der Waals surface area contributed by atoms with Crippen molar-refractivity contribution in [3.05, 3.63) is 0 Å². The molecule has 1 saturated heterocycles. The van der Waals surface area contributed by atoms with Crippen molar-refractivity contribution in [1.82, 2.24) is 10.2 Å². The van der Waals surface area contributed by atoms with E-state index in [9.17, 15) is 9.59 Å². The highest BCUT2D eigenvalue weighted by Crippen LogP contribution is 2.16. The van der Waals surface area contributed by atoms with E-state index in [0.717, 1.165) is 12.2 Å². The van der Waals surface area contributed by atoms with Crippen molar-refractivity contribution in [2.45, 2.75) is 12.5 Å². The smallest absolute Gasteiger partial charge is 0.327 e. The Bertz CT molecular complexity index is 275. The van der Waals surface area contributed by atoms with Gasteiger partial charge in [-0.05, 0) is 6.42 Å². The van der Waals surface area contributed by atoms with Gasteiger partial charge in [-0.1, -0.05) is 0 Å². The topological polar surface area (TPSA) is 78.9 Å². The summed E-state index contributed by atoms with van der Waals surface area (Å²) in [7, 11) is 1.60. The fourth-order valence-corrected chi connectivity index (χ4v) is 2.60. The summed E-state index contributed by atoms with van der Waals surface area (Å²) in [6.07, 6.45) is 0.725. The van der Waals surface area contributed by atoms with Crippen LogP contribution < -0.4 is 5.32 Å². The molecular formula is C10H18N2O4S. The number of carboxylic acid groups (broad SMARTS) is 1. The molecule has 6 nitrogen and oxygen atoms in total. The first kappa shape index (κ1) is 14.1. The van der Waals surface area contributed by atoms with Gasteiger partial charge in [-0.2, -0.15) is 11.8 Å². The fourth-order valence-electron chi connectivity index (χ4n) is 1.56. The van der Waals surface area contributed by atoms with Crippen LogP contribution in [0.4, 0.5) is 4.79 Å². The Morgan fingerprint density at radius 1 is 1.59 bits per heavy atom. The lowest BCUT2D eigenvalue weighted by atomic mass is 10.3. The van der Waals surface area contributed by atoms with Crippen LogP contribution in [0.25, 0.3) is 0 Å². The van der Waals surface area contributed by atoms with Gasteiger partial charge < -0.3 is 20.1 Å². The van der Waals surface area contributed by atoms with Crippen molar-refractivity contribution in [2.24, 2.45) is 0 Å². The SMILES string of the molecule is COCCCNC(=O)N1CCSCC1C(=O)O. The summed E-state index contributed by atoms with van der Waals surface area (Å²) in [6, 6.07) is -1.01. The van der Waals surface area contributed by atoms with E-state index in [-0.39, 0.29) is 6.03 Å². The third-order valence-corrected chi connectivity index (χ3v) is 3.50. The standard InChI is InChI=1S/C10H18N2O4S/c1-16-5-2-3-11-10(15)12-4-6-17-7-8(12)9(13)14/h8H,2-7H2,1H3,(H,11,15)(H,13,14). The van der Waals surface area contributed by atoms with Gasteiger partial charge in [0.15, 0.2) is 0 Å². The minimum Gasteiger partial charge on any atom is -0.480 e. The van der Waals surface area contributed by atoms with Crippen LogP contribution in [0.15, 0.2) is 0 Å². The molecular weight excluding hydrogens is 244 g/mol. The Balaban J connectivity index is 2.39. The molecule has 1 fully saturated rings. The average molecular weight is 262 g/mol. The van der Waals surface area contributed by atoms with Crippen LogP contribution in [0.2, 0.25) is 0 Å². The quantitative estimate of drug-likeness (QED) is 0.694. The maximum atomic E-state index is 11.8. The van der Waals surface area contributed by atoms with Crippen LogP contribution in [0.3, 0.4) is 0 Å². The van der Waals surface area contributed by atoms with Crippen LogP contribution >= 0.6 is 11.8 Å². The average Bonchev–Trinajstić information content (AvgIpc) is 2.34. The van der Waals surface area contributed by atoms with Crippen LogP contribution in [0.5, 0.6) is 0 Å². The zero-order valence-corrected chi connectivity index (χ0v) is 10.7. The minimum absolute atomic E-state index is 0.297. The maximum absolute atomic E-state index is 11.8. The van der Waals surface area contributed by atoms with Crippen molar-refractivity contribution in [3.8, 4) is 0 Å². The Labute approximate surface area is 105 Å². The van der Waals surface area contributed by atoms with Gasteiger partial charge in [0.1, 0.15) is 6.04 Å². The number of ether oxygens (including phenoxy) is 1. The maximum Gasteiger partial charge on any atom is 0.327 e. The summed E-state index contributed by atoms with van der Waals surface area (Å²) in [4.78, 5) is 24.2. The van der Waals surface area contributed by atoms with Gasteiger partial charge in [-0.15, -0.1) is 0 Å². The largest absolute Gasteiger partial charge is 0.480 e. The Morgan fingerprint density at radius 2 is 2.35 bits per heavy atom. The van der Waals surface area contributed by atoms with Crippen LogP contribution in [0, 0.1) is 0 Å². The second kappa shape index (κ2) is 7.39. The van der Waals surface area contributed by atoms with Gasteiger partial charge in [0, 0.05) is 38.3 Å². The summed E-state index contributed by atoms with van der Waals surface area (Å²) in [5.41, 5.74) is 0. The fraction of sp³-hybridized carbons (Fsp3) is 0.800.